The van der Waals surface area contributed by atoms with Crippen molar-refractivity contribution in [1.29, 1.82) is 0 Å². The van der Waals surface area contributed by atoms with Crippen molar-refractivity contribution in [2.24, 2.45) is 0 Å². The largest absolute Gasteiger partial charge is 0.395 e. The minimum Gasteiger partial charge on any atom is -0.395 e. The van der Waals surface area contributed by atoms with Crippen molar-refractivity contribution < 1.29 is 18.1 Å². The Bertz CT molecular complexity index is 507. The fourth-order valence-corrected chi connectivity index (χ4v) is 9.51. The van der Waals surface area contributed by atoms with Crippen LogP contribution in [-0.4, -0.2) is 52.2 Å². The molecule has 0 bridgehead atoms. The zero-order valence-electron chi connectivity index (χ0n) is 19.5. The number of hydrogen-bond acceptors (Lipinski definition) is 4. The van der Waals surface area contributed by atoms with E-state index < -0.39 is 36.1 Å². The summed E-state index contributed by atoms with van der Waals surface area (Å²) in [4.78, 5) is 12.4. The quantitative estimate of drug-likeness (QED) is 0.280. The Morgan fingerprint density at radius 1 is 0.926 bits per heavy atom. The average molecular weight is 450 g/mol. The van der Waals surface area contributed by atoms with Gasteiger partial charge in [-0.1, -0.05) is 27.4 Å². The van der Waals surface area contributed by atoms with Gasteiger partial charge in [-0.15, -0.1) is 0 Å². The molecule has 160 valence electrons. The zero-order chi connectivity index (χ0) is 21.7. The third-order valence-electron chi connectivity index (χ3n) is 5.39. The SMILES string of the molecule is C=CC(=O)NC([SiH3])(O[Si](C)(C)CC)C(C)(O[Si](C)(C)CC)O[Si](C)(C)CC. The van der Waals surface area contributed by atoms with Crippen LogP contribution >= 0.6 is 0 Å². The molecule has 1 amide bonds. The highest BCUT2D eigenvalue weighted by molar-refractivity contribution is 6.73. The molecule has 27 heavy (non-hydrogen) atoms. The molecule has 0 aliphatic carbocycles. The number of carbonyl (C=O) groups excluding carboxylic acids is 1. The van der Waals surface area contributed by atoms with E-state index in [9.17, 15) is 4.79 Å². The van der Waals surface area contributed by atoms with Crippen LogP contribution in [0.25, 0.3) is 0 Å². The fraction of sp³-hybridized carbons (Fsp3) is 0.833. The van der Waals surface area contributed by atoms with Gasteiger partial charge in [-0.25, -0.2) is 0 Å². The average Bonchev–Trinajstić information content (AvgIpc) is 2.53. The van der Waals surface area contributed by atoms with E-state index in [4.69, 9.17) is 13.3 Å². The minimum atomic E-state index is -2.02. The van der Waals surface area contributed by atoms with Crippen LogP contribution in [0.1, 0.15) is 27.7 Å². The molecule has 5 nitrogen and oxygen atoms in total. The first-order valence-corrected chi connectivity index (χ1v) is 20.4. The third-order valence-corrected chi connectivity index (χ3v) is 15.1. The molecular formula is C18H43NO4Si4. The predicted molar refractivity (Wildman–Crippen MR) is 127 cm³/mol. The number of rotatable bonds is 12. The molecule has 0 aliphatic rings. The van der Waals surface area contributed by atoms with Crippen molar-refractivity contribution in [2.45, 2.75) is 96.2 Å². The molecular weight excluding hydrogens is 407 g/mol. The Labute approximate surface area is 173 Å². The van der Waals surface area contributed by atoms with Gasteiger partial charge in [0.25, 0.3) is 0 Å². The molecule has 0 saturated carbocycles. The van der Waals surface area contributed by atoms with Gasteiger partial charge in [-0.3, -0.25) is 4.79 Å². The van der Waals surface area contributed by atoms with Crippen LogP contribution in [0.4, 0.5) is 0 Å². The lowest BCUT2D eigenvalue weighted by Crippen LogP contribution is -2.73. The molecule has 0 fully saturated rings. The maximum atomic E-state index is 12.4. The van der Waals surface area contributed by atoms with Gasteiger partial charge in [0.05, 0.1) is 10.2 Å². The summed E-state index contributed by atoms with van der Waals surface area (Å²) in [6, 6.07) is 2.86. The molecule has 1 atom stereocenters. The molecule has 0 aromatic carbocycles. The summed E-state index contributed by atoms with van der Waals surface area (Å²) in [6.07, 6.45) is 1.29. The van der Waals surface area contributed by atoms with Gasteiger partial charge in [-0.2, -0.15) is 0 Å². The fourth-order valence-electron chi connectivity index (χ4n) is 2.56. The Morgan fingerprint density at radius 2 is 1.26 bits per heavy atom. The normalized spacial score (nSPS) is 16.1. The van der Waals surface area contributed by atoms with Crippen LogP contribution < -0.4 is 5.32 Å². The molecule has 0 radical (unpaired) electrons. The monoisotopic (exact) mass is 449 g/mol. The third kappa shape index (κ3) is 8.07. The lowest BCUT2D eigenvalue weighted by molar-refractivity contribution is -0.209. The molecule has 0 aromatic heterocycles. The number of carbonyl (C=O) groups is 1. The minimum absolute atomic E-state index is 0.253. The topological polar surface area (TPSA) is 56.8 Å². The van der Waals surface area contributed by atoms with Crippen molar-refractivity contribution in [2.75, 3.05) is 0 Å². The summed E-state index contributed by atoms with van der Waals surface area (Å²) in [5.74, 6) is -1.27. The number of nitrogens with one attached hydrogen (secondary N) is 1. The molecule has 0 rings (SSSR count). The molecule has 9 heteroatoms. The van der Waals surface area contributed by atoms with Crippen molar-refractivity contribution in [3.63, 3.8) is 0 Å². The molecule has 0 heterocycles. The van der Waals surface area contributed by atoms with Gasteiger partial charge in [0.2, 0.25) is 5.91 Å². The summed E-state index contributed by atoms with van der Waals surface area (Å²) >= 11 is 0. The first kappa shape index (κ1) is 27.0. The van der Waals surface area contributed by atoms with Gasteiger partial charge in [0.15, 0.2) is 36.1 Å². The smallest absolute Gasteiger partial charge is 0.245 e. The molecule has 1 unspecified atom stereocenters. The van der Waals surface area contributed by atoms with Crippen LogP contribution in [0, 0.1) is 0 Å². The van der Waals surface area contributed by atoms with Crippen LogP contribution in [0.2, 0.25) is 57.4 Å². The summed E-state index contributed by atoms with van der Waals surface area (Å²) < 4.78 is 20.2. The molecule has 1 N–H and O–H groups in total. The Hall–Kier alpha value is -0.0425. The van der Waals surface area contributed by atoms with E-state index in [2.05, 4.69) is 71.9 Å². The van der Waals surface area contributed by atoms with Crippen molar-refractivity contribution in [1.82, 2.24) is 5.32 Å². The highest BCUT2D eigenvalue weighted by Gasteiger charge is 2.55. The molecule has 0 saturated heterocycles. The highest BCUT2D eigenvalue weighted by Crippen LogP contribution is 2.37. The lowest BCUT2D eigenvalue weighted by atomic mass is 10.2. The highest BCUT2D eigenvalue weighted by atomic mass is 28.4. The lowest BCUT2D eigenvalue weighted by Gasteiger charge is -2.53. The maximum Gasteiger partial charge on any atom is 0.245 e. The van der Waals surface area contributed by atoms with E-state index in [1.807, 2.05) is 6.92 Å². The van der Waals surface area contributed by atoms with E-state index in [1.54, 1.807) is 0 Å². The van der Waals surface area contributed by atoms with Crippen molar-refractivity contribution >= 4 is 41.1 Å². The van der Waals surface area contributed by atoms with Crippen molar-refractivity contribution in [3.05, 3.63) is 12.7 Å². The summed E-state index contributed by atoms with van der Waals surface area (Å²) in [5, 5.41) is 2.11. The second-order valence-corrected chi connectivity index (χ2v) is 24.0. The number of hydrogen-bond donors (Lipinski definition) is 1. The van der Waals surface area contributed by atoms with Gasteiger partial charge >= 0.3 is 0 Å². The Morgan fingerprint density at radius 3 is 1.56 bits per heavy atom. The van der Waals surface area contributed by atoms with Crippen LogP contribution in [0.3, 0.4) is 0 Å². The van der Waals surface area contributed by atoms with Gasteiger partial charge in [-0.05, 0) is 70.4 Å². The Kier molecular flexibility index (Phi) is 9.62. The summed E-state index contributed by atoms with van der Waals surface area (Å²) in [7, 11) is -5.49. The molecule has 0 aliphatic heterocycles. The van der Waals surface area contributed by atoms with Crippen LogP contribution in [0.5, 0.6) is 0 Å². The van der Waals surface area contributed by atoms with Gasteiger partial charge < -0.3 is 18.6 Å². The summed E-state index contributed by atoms with van der Waals surface area (Å²) in [5.41, 5.74) is 0. The predicted octanol–water partition coefficient (Wildman–Crippen LogP) is 3.75. The van der Waals surface area contributed by atoms with E-state index in [0.29, 0.717) is 10.2 Å². The van der Waals surface area contributed by atoms with Gasteiger partial charge in [0, 0.05) is 0 Å². The van der Waals surface area contributed by atoms with E-state index in [-0.39, 0.29) is 5.91 Å². The van der Waals surface area contributed by atoms with E-state index >= 15 is 0 Å². The zero-order valence-corrected chi connectivity index (χ0v) is 24.5. The summed E-state index contributed by atoms with van der Waals surface area (Å²) in [6.45, 7) is 25.1. The maximum absolute atomic E-state index is 12.4. The van der Waals surface area contributed by atoms with Crippen molar-refractivity contribution in [3.8, 4) is 0 Å². The van der Waals surface area contributed by atoms with E-state index in [0.717, 1.165) is 18.1 Å². The van der Waals surface area contributed by atoms with E-state index in [1.165, 1.54) is 6.08 Å². The first-order valence-electron chi connectivity index (χ1n) is 10.1. The van der Waals surface area contributed by atoms with Crippen LogP contribution in [0.15, 0.2) is 12.7 Å². The second kappa shape index (κ2) is 9.64. The molecule has 0 spiro atoms. The van der Waals surface area contributed by atoms with Crippen LogP contribution in [-0.2, 0) is 18.1 Å². The Balaban J connectivity index is 6.38. The first-order chi connectivity index (χ1) is 12.0. The second-order valence-electron chi connectivity index (χ2n) is 9.32. The van der Waals surface area contributed by atoms with Gasteiger partial charge in [0.1, 0.15) is 0 Å². The number of amides is 1. The standard InChI is InChI=1S/C18H43NO4Si4/c1-12-16(20)19-18(24,23-27(10,11)15-4)17(5,21-25(6,7)13-2)22-26(8,9)14-3/h12H,1,13-15H2,2-11,24H3,(H,19,20). The molecule has 0 aromatic rings.